The van der Waals surface area contributed by atoms with Gasteiger partial charge < -0.3 is 14.8 Å². The summed E-state index contributed by atoms with van der Waals surface area (Å²) in [7, 11) is 0. The quantitative estimate of drug-likeness (QED) is 0.922. The van der Waals surface area contributed by atoms with Crippen LogP contribution >= 0.6 is 0 Å². The van der Waals surface area contributed by atoms with Crippen LogP contribution in [0.3, 0.4) is 0 Å². The Morgan fingerprint density at radius 1 is 1.09 bits per heavy atom. The lowest BCUT2D eigenvalue weighted by atomic mass is 9.99. The van der Waals surface area contributed by atoms with Crippen molar-refractivity contribution < 1.29 is 14.3 Å². The number of amides is 1. The minimum absolute atomic E-state index is 0.107. The second-order valence-corrected chi connectivity index (χ2v) is 5.51. The number of aryl methyl sites for hydroxylation is 1. The molecule has 1 amide bonds. The standard InChI is InChI=1S/C11H11NO2.C8H10O/c13-11-2-1-7-5-8-3-4-14-10(8)6-9(7)12-11;1-2-9-8-6-4-3-5-7-8/h5-6H,1-4H2,(H,12,13);3-7H,2H2,1H3. The normalized spacial score (nSPS) is 14.6. The minimum Gasteiger partial charge on any atom is -0.494 e. The van der Waals surface area contributed by atoms with Gasteiger partial charge in [0.25, 0.3) is 0 Å². The number of para-hydroxylation sites is 1. The predicted octanol–water partition coefficient (Wildman–Crippen LogP) is 3.59. The fourth-order valence-corrected chi connectivity index (χ4v) is 2.74. The molecule has 2 aromatic rings. The Hall–Kier alpha value is -2.49. The first-order chi connectivity index (χ1) is 11.3. The summed E-state index contributed by atoms with van der Waals surface area (Å²) in [5, 5.41) is 2.87. The number of carbonyl (C=O) groups excluding carboxylic acids is 1. The first-order valence-corrected chi connectivity index (χ1v) is 8.02. The van der Waals surface area contributed by atoms with Crippen LogP contribution in [0.15, 0.2) is 42.5 Å². The molecule has 0 aromatic heterocycles. The Balaban J connectivity index is 0.000000151. The summed E-state index contributed by atoms with van der Waals surface area (Å²) < 4.78 is 10.7. The van der Waals surface area contributed by atoms with E-state index in [0.29, 0.717) is 6.42 Å². The average molecular weight is 311 g/mol. The highest BCUT2D eigenvalue weighted by Gasteiger charge is 2.20. The summed E-state index contributed by atoms with van der Waals surface area (Å²) in [6, 6.07) is 13.9. The van der Waals surface area contributed by atoms with Crippen LogP contribution in [0.5, 0.6) is 11.5 Å². The van der Waals surface area contributed by atoms with E-state index in [1.165, 1.54) is 11.1 Å². The molecule has 1 N–H and O–H groups in total. The van der Waals surface area contributed by atoms with Crippen LogP contribution < -0.4 is 14.8 Å². The molecular formula is C19H21NO3. The maximum atomic E-state index is 11.2. The second kappa shape index (κ2) is 7.18. The molecule has 0 saturated carbocycles. The van der Waals surface area contributed by atoms with E-state index in [1.807, 2.05) is 43.3 Å². The molecule has 0 unspecified atom stereocenters. The number of hydrogen-bond acceptors (Lipinski definition) is 3. The van der Waals surface area contributed by atoms with Crippen molar-refractivity contribution in [3.05, 3.63) is 53.6 Å². The fourth-order valence-electron chi connectivity index (χ4n) is 2.74. The van der Waals surface area contributed by atoms with E-state index >= 15 is 0 Å². The van der Waals surface area contributed by atoms with Gasteiger partial charge in [-0.15, -0.1) is 0 Å². The smallest absolute Gasteiger partial charge is 0.224 e. The molecule has 2 heterocycles. The molecule has 0 radical (unpaired) electrons. The van der Waals surface area contributed by atoms with Crippen molar-refractivity contribution in [3.8, 4) is 11.5 Å². The number of ether oxygens (including phenoxy) is 2. The van der Waals surface area contributed by atoms with E-state index in [2.05, 4.69) is 11.4 Å². The second-order valence-electron chi connectivity index (χ2n) is 5.51. The number of anilines is 1. The van der Waals surface area contributed by atoms with Gasteiger partial charge in [-0.05, 0) is 42.7 Å². The van der Waals surface area contributed by atoms with Crippen LogP contribution in [0.25, 0.3) is 0 Å². The zero-order valence-electron chi connectivity index (χ0n) is 13.3. The average Bonchev–Trinajstić information content (AvgIpc) is 3.02. The van der Waals surface area contributed by atoms with Crippen molar-refractivity contribution in [3.63, 3.8) is 0 Å². The van der Waals surface area contributed by atoms with E-state index in [4.69, 9.17) is 9.47 Å². The largest absolute Gasteiger partial charge is 0.494 e. The maximum absolute atomic E-state index is 11.2. The molecule has 4 nitrogen and oxygen atoms in total. The SMILES string of the molecule is CCOc1ccccc1.O=C1CCc2cc3c(cc2N1)OCC3. The van der Waals surface area contributed by atoms with Crippen molar-refractivity contribution in [1.29, 1.82) is 0 Å². The molecular weight excluding hydrogens is 290 g/mol. The Bertz CT molecular complexity index is 683. The number of rotatable bonds is 2. The van der Waals surface area contributed by atoms with Gasteiger partial charge in [-0.25, -0.2) is 0 Å². The Labute approximate surface area is 136 Å². The molecule has 2 aliphatic heterocycles. The molecule has 23 heavy (non-hydrogen) atoms. The monoisotopic (exact) mass is 311 g/mol. The highest BCUT2D eigenvalue weighted by molar-refractivity contribution is 5.94. The summed E-state index contributed by atoms with van der Waals surface area (Å²) in [6.07, 6.45) is 2.46. The van der Waals surface area contributed by atoms with Crippen LogP contribution in [0.4, 0.5) is 5.69 Å². The molecule has 2 aliphatic rings. The molecule has 0 spiro atoms. The predicted molar refractivity (Wildman–Crippen MR) is 90.2 cm³/mol. The van der Waals surface area contributed by atoms with Gasteiger partial charge in [0.15, 0.2) is 0 Å². The summed E-state index contributed by atoms with van der Waals surface area (Å²) in [5.41, 5.74) is 3.45. The van der Waals surface area contributed by atoms with Crippen LogP contribution in [0.2, 0.25) is 0 Å². The molecule has 4 rings (SSSR count). The number of fused-ring (bicyclic) bond motifs is 2. The number of carbonyl (C=O) groups is 1. The van der Waals surface area contributed by atoms with Gasteiger partial charge >= 0.3 is 0 Å². The van der Waals surface area contributed by atoms with Crippen LogP contribution in [-0.2, 0) is 17.6 Å². The number of benzene rings is 2. The van der Waals surface area contributed by atoms with Crippen molar-refractivity contribution in [2.24, 2.45) is 0 Å². The first-order valence-electron chi connectivity index (χ1n) is 8.02. The third-order valence-corrected chi connectivity index (χ3v) is 3.86. The molecule has 2 aromatic carbocycles. The van der Waals surface area contributed by atoms with E-state index in [0.717, 1.165) is 43.2 Å². The van der Waals surface area contributed by atoms with Gasteiger partial charge in [-0.3, -0.25) is 4.79 Å². The Morgan fingerprint density at radius 3 is 2.70 bits per heavy atom. The van der Waals surface area contributed by atoms with Gasteiger partial charge in [0.05, 0.1) is 13.2 Å². The zero-order valence-corrected chi connectivity index (χ0v) is 13.3. The molecule has 4 heteroatoms. The zero-order chi connectivity index (χ0) is 16.1. The third-order valence-electron chi connectivity index (χ3n) is 3.86. The van der Waals surface area contributed by atoms with Crippen LogP contribution in [0, 0.1) is 0 Å². The van der Waals surface area contributed by atoms with Gasteiger partial charge in [-0.2, -0.15) is 0 Å². The summed E-state index contributed by atoms with van der Waals surface area (Å²) in [6.45, 7) is 3.49. The lowest BCUT2D eigenvalue weighted by Gasteiger charge is -2.17. The fraction of sp³-hybridized carbons (Fsp3) is 0.316. The van der Waals surface area contributed by atoms with Crippen LogP contribution in [0.1, 0.15) is 24.5 Å². The molecule has 0 aliphatic carbocycles. The highest BCUT2D eigenvalue weighted by Crippen LogP contribution is 2.33. The van der Waals surface area contributed by atoms with Crippen molar-refractivity contribution in [1.82, 2.24) is 0 Å². The molecule has 120 valence electrons. The lowest BCUT2D eigenvalue weighted by Crippen LogP contribution is -2.18. The highest BCUT2D eigenvalue weighted by atomic mass is 16.5. The summed E-state index contributed by atoms with van der Waals surface area (Å²) in [5.74, 6) is 1.99. The molecule has 0 bridgehead atoms. The van der Waals surface area contributed by atoms with Crippen molar-refractivity contribution in [2.75, 3.05) is 18.5 Å². The minimum atomic E-state index is 0.107. The topological polar surface area (TPSA) is 47.6 Å². The summed E-state index contributed by atoms with van der Waals surface area (Å²) >= 11 is 0. The van der Waals surface area contributed by atoms with E-state index < -0.39 is 0 Å². The van der Waals surface area contributed by atoms with Crippen molar-refractivity contribution >= 4 is 11.6 Å². The first kappa shape index (κ1) is 15.4. The van der Waals surface area contributed by atoms with Gasteiger partial charge in [0.2, 0.25) is 5.91 Å². The number of nitrogens with one attached hydrogen (secondary N) is 1. The van der Waals surface area contributed by atoms with Crippen molar-refractivity contribution in [2.45, 2.75) is 26.2 Å². The van der Waals surface area contributed by atoms with Gasteiger partial charge in [-0.1, -0.05) is 18.2 Å². The summed E-state index contributed by atoms with van der Waals surface area (Å²) in [4.78, 5) is 11.2. The Morgan fingerprint density at radius 2 is 1.91 bits per heavy atom. The maximum Gasteiger partial charge on any atom is 0.224 e. The van der Waals surface area contributed by atoms with Gasteiger partial charge in [0.1, 0.15) is 11.5 Å². The molecule has 0 fully saturated rings. The van der Waals surface area contributed by atoms with E-state index in [-0.39, 0.29) is 5.91 Å². The Kier molecular flexibility index (Phi) is 4.81. The molecule has 0 saturated heterocycles. The molecule has 0 atom stereocenters. The van der Waals surface area contributed by atoms with E-state index in [1.54, 1.807) is 0 Å². The van der Waals surface area contributed by atoms with E-state index in [9.17, 15) is 4.79 Å². The lowest BCUT2D eigenvalue weighted by molar-refractivity contribution is -0.116. The number of hydrogen-bond donors (Lipinski definition) is 1. The third kappa shape index (κ3) is 3.83. The van der Waals surface area contributed by atoms with Crippen LogP contribution in [-0.4, -0.2) is 19.1 Å². The van der Waals surface area contributed by atoms with Gasteiger partial charge in [0, 0.05) is 24.6 Å².